The van der Waals surface area contributed by atoms with E-state index < -0.39 is 5.60 Å². The molecule has 0 unspecified atom stereocenters. The van der Waals surface area contributed by atoms with Crippen LogP contribution in [0.3, 0.4) is 0 Å². The summed E-state index contributed by atoms with van der Waals surface area (Å²) in [6, 6.07) is 7.64. The molecular weight excluding hydrogens is 254 g/mol. The molecule has 112 valence electrons. The van der Waals surface area contributed by atoms with E-state index in [1.807, 2.05) is 38.4 Å². The van der Waals surface area contributed by atoms with Gasteiger partial charge in [0.2, 0.25) is 0 Å². The maximum Gasteiger partial charge on any atom is 0.119 e. The van der Waals surface area contributed by atoms with Crippen molar-refractivity contribution in [1.82, 2.24) is 4.90 Å². The summed E-state index contributed by atoms with van der Waals surface area (Å²) in [5.41, 5.74) is -0.00602. The number of aliphatic hydroxyl groups is 2. The standard InChI is InChI=1S/C16H25NO3/c1-17(2)11-13-9-14(18)7-8-16(13,19)12-5-4-6-15(10-12)20-3/h4-6,10,13-14,18-19H,7-9,11H2,1-3H3/t13-,14+,16+/m1/s1. The van der Waals surface area contributed by atoms with Crippen LogP contribution in [0.4, 0.5) is 0 Å². The van der Waals surface area contributed by atoms with E-state index >= 15 is 0 Å². The highest BCUT2D eigenvalue weighted by atomic mass is 16.5. The lowest BCUT2D eigenvalue weighted by Gasteiger charge is -2.43. The largest absolute Gasteiger partial charge is 0.497 e. The van der Waals surface area contributed by atoms with Gasteiger partial charge in [-0.05, 0) is 51.1 Å². The summed E-state index contributed by atoms with van der Waals surface area (Å²) in [4.78, 5) is 2.06. The number of hydrogen-bond donors (Lipinski definition) is 2. The Bertz CT molecular complexity index is 447. The lowest BCUT2D eigenvalue weighted by atomic mass is 9.70. The summed E-state index contributed by atoms with van der Waals surface area (Å²) in [6.45, 7) is 0.755. The van der Waals surface area contributed by atoms with E-state index in [9.17, 15) is 10.2 Å². The molecule has 0 radical (unpaired) electrons. The first-order chi connectivity index (χ1) is 9.45. The van der Waals surface area contributed by atoms with Crippen LogP contribution in [0.2, 0.25) is 0 Å². The van der Waals surface area contributed by atoms with Crippen LogP contribution < -0.4 is 4.74 Å². The van der Waals surface area contributed by atoms with E-state index in [1.54, 1.807) is 7.11 Å². The fourth-order valence-electron chi connectivity index (χ4n) is 3.17. The monoisotopic (exact) mass is 279 g/mol. The molecule has 0 bridgehead atoms. The molecule has 1 aliphatic carbocycles. The number of aliphatic hydroxyl groups excluding tert-OH is 1. The highest BCUT2D eigenvalue weighted by Gasteiger charge is 2.43. The molecular formula is C16H25NO3. The molecule has 0 aliphatic heterocycles. The van der Waals surface area contributed by atoms with Crippen LogP contribution in [0.5, 0.6) is 5.75 Å². The SMILES string of the molecule is COc1cccc([C@@]2(O)CC[C@H](O)C[C@@H]2CN(C)C)c1. The number of benzene rings is 1. The first kappa shape index (κ1) is 15.3. The normalized spacial score (nSPS) is 30.5. The van der Waals surface area contributed by atoms with E-state index in [0.29, 0.717) is 19.3 Å². The topological polar surface area (TPSA) is 52.9 Å². The molecule has 1 saturated carbocycles. The lowest BCUT2D eigenvalue weighted by molar-refractivity contribution is -0.0921. The number of hydrogen-bond acceptors (Lipinski definition) is 4. The predicted molar refractivity (Wildman–Crippen MR) is 78.8 cm³/mol. The van der Waals surface area contributed by atoms with Gasteiger partial charge in [-0.2, -0.15) is 0 Å². The Kier molecular flexibility index (Phi) is 4.68. The summed E-state index contributed by atoms with van der Waals surface area (Å²) in [5, 5.41) is 21.1. The van der Waals surface area contributed by atoms with Crippen molar-refractivity contribution in [3.63, 3.8) is 0 Å². The Hall–Kier alpha value is -1.10. The summed E-state index contributed by atoms with van der Waals surface area (Å²) >= 11 is 0. The van der Waals surface area contributed by atoms with Gasteiger partial charge in [-0.25, -0.2) is 0 Å². The zero-order valence-corrected chi connectivity index (χ0v) is 12.5. The molecule has 0 spiro atoms. The fourth-order valence-corrected chi connectivity index (χ4v) is 3.17. The highest BCUT2D eigenvalue weighted by molar-refractivity contribution is 5.33. The Balaban J connectivity index is 2.32. The third-order valence-electron chi connectivity index (χ3n) is 4.25. The molecule has 2 N–H and O–H groups in total. The summed E-state index contributed by atoms with van der Waals surface area (Å²) in [6.07, 6.45) is 1.54. The molecule has 1 aliphatic rings. The van der Waals surface area contributed by atoms with Crippen molar-refractivity contribution >= 4 is 0 Å². The van der Waals surface area contributed by atoms with E-state index in [0.717, 1.165) is 17.9 Å². The third kappa shape index (κ3) is 3.14. The van der Waals surface area contributed by atoms with Gasteiger partial charge < -0.3 is 19.8 Å². The molecule has 0 amide bonds. The van der Waals surface area contributed by atoms with Gasteiger partial charge in [0.1, 0.15) is 5.75 Å². The number of rotatable bonds is 4. The maximum atomic E-state index is 11.2. The predicted octanol–water partition coefficient (Wildman–Crippen LogP) is 1.61. The highest BCUT2D eigenvalue weighted by Crippen LogP contribution is 2.42. The number of nitrogens with zero attached hydrogens (tertiary/aromatic N) is 1. The zero-order valence-electron chi connectivity index (χ0n) is 12.5. The van der Waals surface area contributed by atoms with E-state index in [-0.39, 0.29) is 12.0 Å². The molecule has 4 heteroatoms. The molecule has 0 heterocycles. The van der Waals surface area contributed by atoms with Crippen LogP contribution in [-0.4, -0.2) is 49.0 Å². The van der Waals surface area contributed by atoms with Gasteiger partial charge in [0, 0.05) is 12.5 Å². The Labute approximate surface area is 121 Å². The van der Waals surface area contributed by atoms with Crippen LogP contribution in [0, 0.1) is 5.92 Å². The molecule has 0 aromatic heterocycles. The first-order valence-corrected chi connectivity index (χ1v) is 7.15. The van der Waals surface area contributed by atoms with Crippen molar-refractivity contribution in [1.29, 1.82) is 0 Å². The number of methoxy groups -OCH3 is 1. The van der Waals surface area contributed by atoms with Crippen molar-refractivity contribution in [2.24, 2.45) is 5.92 Å². The van der Waals surface area contributed by atoms with Gasteiger partial charge in [0.15, 0.2) is 0 Å². The maximum absolute atomic E-state index is 11.2. The molecule has 0 saturated heterocycles. The van der Waals surface area contributed by atoms with Crippen molar-refractivity contribution in [2.45, 2.75) is 31.0 Å². The molecule has 4 nitrogen and oxygen atoms in total. The average molecular weight is 279 g/mol. The molecule has 3 atom stereocenters. The fraction of sp³-hybridized carbons (Fsp3) is 0.625. The summed E-state index contributed by atoms with van der Waals surface area (Å²) < 4.78 is 5.26. The molecule has 2 rings (SSSR count). The van der Waals surface area contributed by atoms with Gasteiger partial charge in [-0.1, -0.05) is 12.1 Å². The minimum Gasteiger partial charge on any atom is -0.497 e. The smallest absolute Gasteiger partial charge is 0.119 e. The molecule has 20 heavy (non-hydrogen) atoms. The van der Waals surface area contributed by atoms with E-state index in [1.165, 1.54) is 0 Å². The molecule has 1 aromatic carbocycles. The van der Waals surface area contributed by atoms with Crippen molar-refractivity contribution in [2.75, 3.05) is 27.7 Å². The van der Waals surface area contributed by atoms with Gasteiger partial charge in [-0.15, -0.1) is 0 Å². The van der Waals surface area contributed by atoms with E-state index in [4.69, 9.17) is 4.74 Å². The number of ether oxygens (including phenoxy) is 1. The van der Waals surface area contributed by atoms with E-state index in [2.05, 4.69) is 4.90 Å². The van der Waals surface area contributed by atoms with Gasteiger partial charge in [0.05, 0.1) is 18.8 Å². The second-order valence-electron chi connectivity index (χ2n) is 6.04. The Morgan fingerprint density at radius 3 is 2.80 bits per heavy atom. The Morgan fingerprint density at radius 2 is 2.15 bits per heavy atom. The third-order valence-corrected chi connectivity index (χ3v) is 4.25. The van der Waals surface area contributed by atoms with Gasteiger partial charge in [0.25, 0.3) is 0 Å². The van der Waals surface area contributed by atoms with Crippen LogP contribution in [0.15, 0.2) is 24.3 Å². The zero-order chi connectivity index (χ0) is 14.8. The second-order valence-corrected chi connectivity index (χ2v) is 6.04. The summed E-state index contributed by atoms with van der Waals surface area (Å²) in [7, 11) is 5.62. The van der Waals surface area contributed by atoms with Crippen LogP contribution in [0.25, 0.3) is 0 Å². The molecule has 1 aromatic rings. The van der Waals surface area contributed by atoms with Gasteiger partial charge >= 0.3 is 0 Å². The van der Waals surface area contributed by atoms with Crippen molar-refractivity contribution < 1.29 is 14.9 Å². The minimum absolute atomic E-state index is 0.0216. The average Bonchev–Trinajstić information content (AvgIpc) is 2.42. The van der Waals surface area contributed by atoms with Crippen LogP contribution in [0.1, 0.15) is 24.8 Å². The summed E-state index contributed by atoms with van der Waals surface area (Å²) in [5.74, 6) is 0.777. The van der Waals surface area contributed by atoms with Crippen LogP contribution in [-0.2, 0) is 5.60 Å². The van der Waals surface area contributed by atoms with Crippen molar-refractivity contribution in [3.05, 3.63) is 29.8 Å². The van der Waals surface area contributed by atoms with Crippen LogP contribution >= 0.6 is 0 Å². The second kappa shape index (κ2) is 6.12. The van der Waals surface area contributed by atoms with Gasteiger partial charge in [-0.3, -0.25) is 0 Å². The Morgan fingerprint density at radius 1 is 1.40 bits per heavy atom. The molecule has 1 fully saturated rings. The lowest BCUT2D eigenvalue weighted by Crippen LogP contribution is -2.46. The first-order valence-electron chi connectivity index (χ1n) is 7.15. The van der Waals surface area contributed by atoms with Crippen molar-refractivity contribution in [3.8, 4) is 5.75 Å². The minimum atomic E-state index is -0.891. The quantitative estimate of drug-likeness (QED) is 0.879.